The minimum Gasteiger partial charge on any atom is -0.481 e. The van der Waals surface area contributed by atoms with Crippen LogP contribution in [0.5, 0.6) is 0 Å². The van der Waals surface area contributed by atoms with E-state index in [0.29, 0.717) is 6.42 Å². The monoisotopic (exact) mass is 252 g/mol. The van der Waals surface area contributed by atoms with Crippen LogP contribution in [0.3, 0.4) is 0 Å². The Hall–Kier alpha value is -0.950. The number of rotatable bonds is 7. The number of carbonyl (C=O) groups excluding carboxylic acids is 1. The van der Waals surface area contributed by atoms with E-state index in [1.54, 1.807) is 13.8 Å². The quantitative estimate of drug-likeness (QED) is 0.641. The van der Waals surface area contributed by atoms with E-state index in [9.17, 15) is 18.0 Å². The van der Waals surface area contributed by atoms with Gasteiger partial charge in [0.1, 0.15) is 5.78 Å². The number of Topliss-reactive ketones (excluding diaryl/α,β-unsaturated/α-hetero) is 1. The molecule has 0 rings (SSSR count). The molecule has 0 radical (unpaired) electrons. The molecule has 0 spiro atoms. The summed E-state index contributed by atoms with van der Waals surface area (Å²) < 4.78 is 29.6. The number of carbonyl (C=O) groups is 2. The fraction of sp³-hybridized carbons (Fsp3) is 0.778. The number of hydrogen-bond acceptors (Lipinski definition) is 4. The van der Waals surface area contributed by atoms with E-state index in [4.69, 9.17) is 9.66 Å². The molecule has 16 heavy (non-hydrogen) atoms. The van der Waals surface area contributed by atoms with Crippen molar-refractivity contribution in [2.45, 2.75) is 26.7 Å². The highest BCUT2D eigenvalue weighted by atomic mass is 32.2. The lowest BCUT2D eigenvalue weighted by Gasteiger charge is -2.12. The molecule has 0 aliphatic heterocycles. The molecule has 2 atom stereocenters. The van der Waals surface area contributed by atoms with Crippen molar-refractivity contribution in [3.05, 3.63) is 0 Å². The van der Waals surface area contributed by atoms with Crippen molar-refractivity contribution in [2.75, 3.05) is 5.75 Å². The van der Waals surface area contributed by atoms with Crippen LogP contribution in [-0.4, -0.2) is 35.6 Å². The molecule has 0 fully saturated rings. The van der Waals surface area contributed by atoms with Gasteiger partial charge in [-0.2, -0.15) is 8.42 Å². The van der Waals surface area contributed by atoms with Crippen LogP contribution >= 0.6 is 0 Å². The van der Waals surface area contributed by atoms with Crippen LogP contribution in [0.25, 0.3) is 0 Å². The maximum absolute atomic E-state index is 11.4. The Bertz CT molecular complexity index is 358. The van der Waals surface area contributed by atoms with Gasteiger partial charge in [0.25, 0.3) is 10.1 Å². The average molecular weight is 252 g/mol. The third kappa shape index (κ3) is 5.82. The Morgan fingerprint density at radius 1 is 1.31 bits per heavy atom. The first-order valence-corrected chi connectivity index (χ1v) is 6.49. The van der Waals surface area contributed by atoms with Gasteiger partial charge in [-0.15, -0.1) is 0 Å². The molecule has 0 amide bonds. The molecule has 2 N–H and O–H groups in total. The normalized spacial score (nSPS) is 15.4. The first kappa shape index (κ1) is 15.0. The van der Waals surface area contributed by atoms with E-state index in [1.165, 1.54) is 0 Å². The largest absolute Gasteiger partial charge is 0.481 e. The Balaban J connectivity index is 4.59. The SMILES string of the molecule is CC[C@@H](C)C(=O)C[C@H](CS(=O)(=O)O)C(=O)O. The molecule has 7 heteroatoms. The predicted octanol–water partition coefficient (Wildman–Crippen LogP) is 0.580. The second kappa shape index (κ2) is 5.95. The summed E-state index contributed by atoms with van der Waals surface area (Å²) >= 11 is 0. The lowest BCUT2D eigenvalue weighted by atomic mass is 9.95. The van der Waals surface area contributed by atoms with Gasteiger partial charge in [-0.25, -0.2) is 0 Å². The van der Waals surface area contributed by atoms with E-state index >= 15 is 0 Å². The summed E-state index contributed by atoms with van der Waals surface area (Å²) in [5, 5.41) is 8.71. The van der Waals surface area contributed by atoms with Crippen LogP contribution in [0.4, 0.5) is 0 Å². The smallest absolute Gasteiger partial charge is 0.308 e. The zero-order chi connectivity index (χ0) is 12.9. The summed E-state index contributed by atoms with van der Waals surface area (Å²) in [4.78, 5) is 22.1. The summed E-state index contributed by atoms with van der Waals surface area (Å²) in [6.07, 6.45) is 0.196. The Morgan fingerprint density at radius 2 is 1.81 bits per heavy atom. The van der Waals surface area contributed by atoms with Gasteiger partial charge in [-0.05, 0) is 6.42 Å². The first-order chi connectivity index (χ1) is 7.17. The van der Waals surface area contributed by atoms with Crippen molar-refractivity contribution in [1.29, 1.82) is 0 Å². The maximum atomic E-state index is 11.4. The molecule has 0 heterocycles. The Morgan fingerprint density at radius 3 is 2.12 bits per heavy atom. The van der Waals surface area contributed by atoms with Gasteiger partial charge in [0.2, 0.25) is 0 Å². The average Bonchev–Trinajstić information content (AvgIpc) is 2.13. The van der Waals surface area contributed by atoms with Gasteiger partial charge in [-0.1, -0.05) is 13.8 Å². The van der Waals surface area contributed by atoms with E-state index in [-0.39, 0.29) is 18.1 Å². The van der Waals surface area contributed by atoms with Crippen molar-refractivity contribution >= 4 is 21.9 Å². The molecule has 0 aliphatic carbocycles. The summed E-state index contributed by atoms with van der Waals surface area (Å²) in [5.41, 5.74) is 0. The minimum absolute atomic E-state index is 0.303. The molecular formula is C9H16O6S. The molecular weight excluding hydrogens is 236 g/mol. The number of carboxylic acids is 1. The minimum atomic E-state index is -4.38. The van der Waals surface area contributed by atoms with Crippen LogP contribution in [0, 0.1) is 11.8 Å². The highest BCUT2D eigenvalue weighted by Gasteiger charge is 2.27. The highest BCUT2D eigenvalue weighted by Crippen LogP contribution is 2.13. The van der Waals surface area contributed by atoms with Crippen molar-refractivity contribution in [3.63, 3.8) is 0 Å². The number of carboxylic acid groups (broad SMARTS) is 1. The van der Waals surface area contributed by atoms with Gasteiger partial charge in [0, 0.05) is 12.3 Å². The second-order valence-corrected chi connectivity index (χ2v) is 5.26. The molecule has 0 saturated carbocycles. The fourth-order valence-corrected chi connectivity index (χ4v) is 1.91. The molecule has 0 aromatic carbocycles. The van der Waals surface area contributed by atoms with Crippen LogP contribution in [-0.2, 0) is 19.7 Å². The van der Waals surface area contributed by atoms with Gasteiger partial charge >= 0.3 is 5.97 Å². The van der Waals surface area contributed by atoms with Gasteiger partial charge in [0.05, 0.1) is 11.7 Å². The molecule has 0 unspecified atom stereocenters. The zero-order valence-electron chi connectivity index (χ0n) is 9.21. The lowest BCUT2D eigenvalue weighted by molar-refractivity contribution is -0.143. The van der Waals surface area contributed by atoms with Crippen LogP contribution in [0.1, 0.15) is 26.7 Å². The summed E-state index contributed by atoms with van der Waals surface area (Å²) in [7, 11) is -4.38. The maximum Gasteiger partial charge on any atom is 0.308 e. The number of ketones is 1. The van der Waals surface area contributed by atoms with E-state index in [2.05, 4.69) is 0 Å². The fourth-order valence-electron chi connectivity index (χ4n) is 1.14. The number of aliphatic carboxylic acids is 1. The van der Waals surface area contributed by atoms with Crippen molar-refractivity contribution in [3.8, 4) is 0 Å². The molecule has 94 valence electrons. The third-order valence-corrected chi connectivity index (χ3v) is 3.19. The molecule has 0 aliphatic rings. The van der Waals surface area contributed by atoms with Crippen LogP contribution < -0.4 is 0 Å². The topological polar surface area (TPSA) is 109 Å². The summed E-state index contributed by atoms with van der Waals surface area (Å²) in [6, 6.07) is 0. The molecule has 6 nitrogen and oxygen atoms in total. The highest BCUT2D eigenvalue weighted by molar-refractivity contribution is 7.85. The summed E-state index contributed by atoms with van der Waals surface area (Å²) in [5.74, 6) is -4.31. The molecule has 0 bridgehead atoms. The molecule has 0 aromatic rings. The van der Waals surface area contributed by atoms with Crippen LogP contribution in [0.15, 0.2) is 0 Å². The summed E-state index contributed by atoms with van der Waals surface area (Å²) in [6.45, 7) is 3.43. The van der Waals surface area contributed by atoms with E-state index in [1.807, 2.05) is 0 Å². The molecule has 0 aromatic heterocycles. The Kier molecular flexibility index (Phi) is 5.60. The van der Waals surface area contributed by atoms with E-state index < -0.39 is 27.8 Å². The van der Waals surface area contributed by atoms with Gasteiger partial charge in [-0.3, -0.25) is 14.1 Å². The van der Waals surface area contributed by atoms with Crippen molar-refractivity contribution in [2.24, 2.45) is 11.8 Å². The van der Waals surface area contributed by atoms with Crippen molar-refractivity contribution < 1.29 is 27.7 Å². The first-order valence-electron chi connectivity index (χ1n) is 4.88. The standard InChI is InChI=1S/C9H16O6S/c1-3-6(2)8(10)4-7(9(11)12)5-16(13,14)15/h6-7H,3-5H2,1-2H3,(H,11,12)(H,13,14,15)/t6-,7-/m1/s1. The van der Waals surface area contributed by atoms with Crippen LogP contribution in [0.2, 0.25) is 0 Å². The lowest BCUT2D eigenvalue weighted by Crippen LogP contribution is -2.27. The van der Waals surface area contributed by atoms with Gasteiger partial charge < -0.3 is 5.11 Å². The third-order valence-electron chi connectivity index (χ3n) is 2.37. The number of hydrogen-bond donors (Lipinski definition) is 2. The molecule has 0 saturated heterocycles. The van der Waals surface area contributed by atoms with Crippen molar-refractivity contribution in [1.82, 2.24) is 0 Å². The zero-order valence-corrected chi connectivity index (χ0v) is 10.0. The second-order valence-electron chi connectivity index (χ2n) is 3.76. The van der Waals surface area contributed by atoms with E-state index in [0.717, 1.165) is 0 Å². The van der Waals surface area contributed by atoms with Gasteiger partial charge in [0.15, 0.2) is 0 Å². The Labute approximate surface area is 94.4 Å². The predicted molar refractivity (Wildman–Crippen MR) is 56.6 cm³/mol.